The van der Waals surface area contributed by atoms with E-state index in [0.717, 1.165) is 0 Å². The predicted octanol–water partition coefficient (Wildman–Crippen LogP) is 2.56. The summed E-state index contributed by atoms with van der Waals surface area (Å²) in [4.78, 5) is 13.4. The zero-order valence-electron chi connectivity index (χ0n) is 9.08. The fourth-order valence-corrected chi connectivity index (χ4v) is 2.20. The quantitative estimate of drug-likeness (QED) is 0.932. The number of aliphatic hydroxyl groups is 1. The highest BCUT2D eigenvalue weighted by Gasteiger charge is 2.16. The zero-order valence-corrected chi connectivity index (χ0v) is 11.4. The number of halogens is 2. The molecule has 0 spiro atoms. The lowest BCUT2D eigenvalue weighted by Gasteiger charge is -2.19. The van der Waals surface area contributed by atoms with Crippen LogP contribution in [0.15, 0.2) is 22.7 Å². The molecule has 0 bridgehead atoms. The minimum Gasteiger partial charge on any atom is -0.392 e. The Bertz CT molecular complexity index is 396. The maximum absolute atomic E-state index is 12.0. The molecule has 0 radical (unpaired) electrons. The molecule has 88 valence electrons. The fraction of sp³-hybridized carbons (Fsp3) is 0.364. The third-order valence-electron chi connectivity index (χ3n) is 2.05. The SMILES string of the molecule is CC(O)CN(C)C(=O)c1ccc(Cl)cc1Br. The first-order valence-electron chi connectivity index (χ1n) is 4.80. The van der Waals surface area contributed by atoms with Crippen molar-refractivity contribution < 1.29 is 9.90 Å². The molecule has 0 fully saturated rings. The molecule has 0 heterocycles. The van der Waals surface area contributed by atoms with Gasteiger partial charge in [-0.15, -0.1) is 0 Å². The van der Waals surface area contributed by atoms with Crippen LogP contribution in [0.1, 0.15) is 17.3 Å². The van der Waals surface area contributed by atoms with E-state index in [1.165, 1.54) is 4.90 Å². The van der Waals surface area contributed by atoms with Crippen LogP contribution >= 0.6 is 27.5 Å². The van der Waals surface area contributed by atoms with Crippen molar-refractivity contribution in [2.24, 2.45) is 0 Å². The molecule has 0 saturated carbocycles. The summed E-state index contributed by atoms with van der Waals surface area (Å²) in [6.45, 7) is 1.94. The van der Waals surface area contributed by atoms with Gasteiger partial charge in [-0.2, -0.15) is 0 Å². The molecule has 1 rings (SSSR count). The molecule has 0 aromatic heterocycles. The fourth-order valence-electron chi connectivity index (χ4n) is 1.35. The van der Waals surface area contributed by atoms with Gasteiger partial charge in [0.15, 0.2) is 0 Å². The highest BCUT2D eigenvalue weighted by Crippen LogP contribution is 2.22. The van der Waals surface area contributed by atoms with Gasteiger partial charge in [-0.05, 0) is 41.1 Å². The Kier molecular flexibility index (Phi) is 4.77. The summed E-state index contributed by atoms with van der Waals surface area (Å²) in [5.74, 6) is -0.149. The van der Waals surface area contributed by atoms with Crippen LogP contribution in [-0.4, -0.2) is 35.6 Å². The van der Waals surface area contributed by atoms with E-state index in [1.807, 2.05) is 0 Å². The summed E-state index contributed by atoms with van der Waals surface area (Å²) < 4.78 is 0.655. The van der Waals surface area contributed by atoms with Crippen molar-refractivity contribution in [2.75, 3.05) is 13.6 Å². The molecule has 5 heteroatoms. The first-order valence-corrected chi connectivity index (χ1v) is 5.97. The number of carbonyl (C=O) groups is 1. The van der Waals surface area contributed by atoms with Gasteiger partial charge in [0.2, 0.25) is 0 Å². The van der Waals surface area contributed by atoms with E-state index in [2.05, 4.69) is 15.9 Å². The second-order valence-corrected chi connectivity index (χ2v) is 4.95. The predicted molar refractivity (Wildman–Crippen MR) is 67.8 cm³/mol. The van der Waals surface area contributed by atoms with Crippen molar-refractivity contribution in [3.05, 3.63) is 33.3 Å². The van der Waals surface area contributed by atoms with Gasteiger partial charge in [-0.3, -0.25) is 4.79 Å². The molecule has 1 unspecified atom stereocenters. The van der Waals surface area contributed by atoms with Crippen molar-refractivity contribution in [1.82, 2.24) is 4.90 Å². The van der Waals surface area contributed by atoms with Gasteiger partial charge in [-0.25, -0.2) is 0 Å². The number of benzene rings is 1. The van der Waals surface area contributed by atoms with Gasteiger partial charge in [0.05, 0.1) is 11.7 Å². The maximum Gasteiger partial charge on any atom is 0.254 e. The molecule has 1 aromatic rings. The van der Waals surface area contributed by atoms with E-state index in [-0.39, 0.29) is 5.91 Å². The van der Waals surface area contributed by atoms with E-state index in [4.69, 9.17) is 11.6 Å². The lowest BCUT2D eigenvalue weighted by Crippen LogP contribution is -2.33. The van der Waals surface area contributed by atoms with Crippen molar-refractivity contribution in [3.63, 3.8) is 0 Å². The smallest absolute Gasteiger partial charge is 0.254 e. The molecular formula is C11H13BrClNO2. The molecule has 0 saturated heterocycles. The van der Waals surface area contributed by atoms with Crippen molar-refractivity contribution >= 4 is 33.4 Å². The van der Waals surface area contributed by atoms with Gasteiger partial charge >= 0.3 is 0 Å². The molecule has 1 N–H and O–H groups in total. The van der Waals surface area contributed by atoms with Crippen LogP contribution in [0.4, 0.5) is 0 Å². The topological polar surface area (TPSA) is 40.5 Å². The van der Waals surface area contributed by atoms with Crippen LogP contribution in [-0.2, 0) is 0 Å². The molecular weight excluding hydrogens is 293 g/mol. The van der Waals surface area contributed by atoms with Crippen molar-refractivity contribution in [2.45, 2.75) is 13.0 Å². The molecule has 0 aliphatic carbocycles. The lowest BCUT2D eigenvalue weighted by atomic mass is 10.2. The number of likely N-dealkylation sites (N-methyl/N-ethyl adjacent to an activating group) is 1. The largest absolute Gasteiger partial charge is 0.392 e. The monoisotopic (exact) mass is 305 g/mol. The standard InChI is InChI=1S/C11H13BrClNO2/c1-7(15)6-14(2)11(16)9-4-3-8(13)5-10(9)12/h3-5,7,15H,6H2,1-2H3. The Hall–Kier alpha value is -0.580. The first-order chi connectivity index (χ1) is 7.41. The van der Waals surface area contributed by atoms with Crippen LogP contribution in [0, 0.1) is 0 Å². The number of hydrogen-bond donors (Lipinski definition) is 1. The van der Waals surface area contributed by atoms with E-state index in [9.17, 15) is 9.90 Å². The molecule has 3 nitrogen and oxygen atoms in total. The van der Waals surface area contributed by atoms with E-state index in [0.29, 0.717) is 21.6 Å². The highest BCUT2D eigenvalue weighted by molar-refractivity contribution is 9.10. The van der Waals surface area contributed by atoms with Crippen LogP contribution in [0.25, 0.3) is 0 Å². The van der Waals surface area contributed by atoms with Gasteiger partial charge in [0.25, 0.3) is 5.91 Å². The van der Waals surface area contributed by atoms with E-state index in [1.54, 1.807) is 32.2 Å². The van der Waals surface area contributed by atoms with E-state index >= 15 is 0 Å². The van der Waals surface area contributed by atoms with Crippen LogP contribution < -0.4 is 0 Å². The third-order valence-corrected chi connectivity index (χ3v) is 2.94. The number of carbonyl (C=O) groups excluding carboxylic acids is 1. The average molecular weight is 307 g/mol. The van der Waals surface area contributed by atoms with Crippen LogP contribution in [0.2, 0.25) is 5.02 Å². The molecule has 0 aliphatic rings. The molecule has 16 heavy (non-hydrogen) atoms. The number of nitrogens with zero attached hydrogens (tertiary/aromatic N) is 1. The van der Waals surface area contributed by atoms with E-state index < -0.39 is 6.10 Å². The summed E-state index contributed by atoms with van der Waals surface area (Å²) in [5.41, 5.74) is 0.535. The zero-order chi connectivity index (χ0) is 12.3. The van der Waals surface area contributed by atoms with Crippen LogP contribution in [0.5, 0.6) is 0 Å². The van der Waals surface area contributed by atoms with Gasteiger partial charge in [0.1, 0.15) is 0 Å². The number of rotatable bonds is 3. The molecule has 0 aliphatic heterocycles. The Labute approximate surface area is 108 Å². The van der Waals surface area contributed by atoms with Gasteiger partial charge < -0.3 is 10.0 Å². The Balaban J connectivity index is 2.88. The molecule has 1 atom stereocenters. The van der Waals surface area contributed by atoms with Gasteiger partial charge in [0, 0.05) is 23.1 Å². The molecule has 1 aromatic carbocycles. The average Bonchev–Trinajstić information content (AvgIpc) is 2.15. The highest BCUT2D eigenvalue weighted by atomic mass is 79.9. The van der Waals surface area contributed by atoms with Crippen molar-refractivity contribution in [1.29, 1.82) is 0 Å². The summed E-state index contributed by atoms with van der Waals surface area (Å²) >= 11 is 9.08. The number of aliphatic hydroxyl groups excluding tert-OH is 1. The second-order valence-electron chi connectivity index (χ2n) is 3.66. The summed E-state index contributed by atoms with van der Waals surface area (Å²) in [6.07, 6.45) is -0.542. The normalized spacial score (nSPS) is 12.3. The van der Waals surface area contributed by atoms with Crippen LogP contribution in [0.3, 0.4) is 0 Å². The summed E-state index contributed by atoms with van der Waals surface area (Å²) in [7, 11) is 1.65. The first kappa shape index (κ1) is 13.5. The lowest BCUT2D eigenvalue weighted by molar-refractivity contribution is 0.0703. The minimum absolute atomic E-state index is 0.149. The minimum atomic E-state index is -0.542. The summed E-state index contributed by atoms with van der Waals surface area (Å²) in [6, 6.07) is 4.99. The molecule has 1 amide bonds. The third kappa shape index (κ3) is 3.47. The summed E-state index contributed by atoms with van der Waals surface area (Å²) in [5, 5.41) is 9.78. The second kappa shape index (κ2) is 5.66. The number of hydrogen-bond acceptors (Lipinski definition) is 2. The van der Waals surface area contributed by atoms with Crippen molar-refractivity contribution in [3.8, 4) is 0 Å². The Morgan fingerprint density at radius 1 is 1.62 bits per heavy atom. The van der Waals surface area contributed by atoms with Gasteiger partial charge in [-0.1, -0.05) is 11.6 Å². The number of amides is 1. The Morgan fingerprint density at radius 2 is 2.25 bits per heavy atom. The maximum atomic E-state index is 12.0. The Morgan fingerprint density at radius 3 is 2.75 bits per heavy atom.